The molecule has 0 fully saturated rings. The van der Waals surface area contributed by atoms with Crippen LogP contribution in [0.1, 0.15) is 32.6 Å². The molecule has 0 aliphatic heterocycles. The summed E-state index contributed by atoms with van der Waals surface area (Å²) in [6.45, 7) is 1.95. The molecule has 0 saturated heterocycles. The standard InChI is InChI=1S/C16H16BrNO3S/c1-10-3-8-14(22-10)16(20)18-13(9-15(19)21-2)11-4-6-12(17)7-5-11/h3-8,13H,9H2,1-2H3,(H,18,20). The van der Waals surface area contributed by atoms with Crippen LogP contribution in [-0.2, 0) is 9.53 Å². The first kappa shape index (κ1) is 16.7. The number of thiophene rings is 1. The lowest BCUT2D eigenvalue weighted by Crippen LogP contribution is -2.30. The summed E-state index contributed by atoms with van der Waals surface area (Å²) in [5.41, 5.74) is 0.857. The maximum atomic E-state index is 12.3. The summed E-state index contributed by atoms with van der Waals surface area (Å²) >= 11 is 4.80. The molecule has 6 heteroatoms. The summed E-state index contributed by atoms with van der Waals surface area (Å²) < 4.78 is 5.66. The third kappa shape index (κ3) is 4.42. The Bertz CT molecular complexity index is 666. The normalized spacial score (nSPS) is 11.8. The summed E-state index contributed by atoms with van der Waals surface area (Å²) in [5.74, 6) is -0.550. The summed E-state index contributed by atoms with van der Waals surface area (Å²) in [6, 6.07) is 10.8. The summed E-state index contributed by atoms with van der Waals surface area (Å²) in [4.78, 5) is 25.6. The van der Waals surface area contributed by atoms with E-state index in [1.54, 1.807) is 6.07 Å². The van der Waals surface area contributed by atoms with Gasteiger partial charge in [-0.2, -0.15) is 0 Å². The molecule has 0 aliphatic carbocycles. The monoisotopic (exact) mass is 381 g/mol. The highest BCUT2D eigenvalue weighted by Gasteiger charge is 2.20. The van der Waals surface area contributed by atoms with Gasteiger partial charge in [0.15, 0.2) is 0 Å². The lowest BCUT2D eigenvalue weighted by Gasteiger charge is -2.18. The molecule has 0 aliphatic rings. The molecule has 2 aromatic rings. The molecule has 1 aromatic carbocycles. The Labute approximate surface area is 141 Å². The van der Waals surface area contributed by atoms with E-state index in [0.29, 0.717) is 4.88 Å². The number of carbonyl (C=O) groups excluding carboxylic acids is 2. The first-order valence-electron chi connectivity index (χ1n) is 6.69. The van der Waals surface area contributed by atoms with Crippen molar-refractivity contribution in [2.45, 2.75) is 19.4 Å². The van der Waals surface area contributed by atoms with Gasteiger partial charge < -0.3 is 10.1 Å². The largest absolute Gasteiger partial charge is 0.469 e. The molecule has 1 aromatic heterocycles. The van der Waals surface area contributed by atoms with Crippen molar-refractivity contribution in [2.75, 3.05) is 7.11 Å². The third-order valence-electron chi connectivity index (χ3n) is 3.14. The smallest absolute Gasteiger partial charge is 0.307 e. The zero-order valence-corrected chi connectivity index (χ0v) is 14.7. The Morgan fingerprint density at radius 2 is 1.91 bits per heavy atom. The van der Waals surface area contributed by atoms with Crippen molar-refractivity contribution in [2.24, 2.45) is 0 Å². The van der Waals surface area contributed by atoms with E-state index in [1.807, 2.05) is 37.3 Å². The number of amides is 1. The van der Waals surface area contributed by atoms with Crippen LogP contribution in [-0.4, -0.2) is 19.0 Å². The maximum absolute atomic E-state index is 12.3. The van der Waals surface area contributed by atoms with Crippen molar-refractivity contribution in [3.8, 4) is 0 Å². The molecule has 116 valence electrons. The molecule has 1 unspecified atom stereocenters. The molecule has 1 heterocycles. The SMILES string of the molecule is COC(=O)CC(NC(=O)c1ccc(C)s1)c1ccc(Br)cc1. The molecule has 22 heavy (non-hydrogen) atoms. The molecule has 4 nitrogen and oxygen atoms in total. The number of nitrogens with one attached hydrogen (secondary N) is 1. The number of esters is 1. The van der Waals surface area contributed by atoms with Crippen LogP contribution in [0.15, 0.2) is 40.9 Å². The molecule has 1 atom stereocenters. The van der Waals surface area contributed by atoms with E-state index in [4.69, 9.17) is 4.74 Å². The predicted octanol–water partition coefficient (Wildman–Crippen LogP) is 3.85. The number of halogens is 1. The Balaban J connectivity index is 2.18. The van der Waals surface area contributed by atoms with Crippen molar-refractivity contribution >= 4 is 39.1 Å². The molecule has 2 rings (SSSR count). The fraction of sp³-hybridized carbons (Fsp3) is 0.250. The van der Waals surface area contributed by atoms with Crippen molar-refractivity contribution in [3.63, 3.8) is 0 Å². The van der Waals surface area contributed by atoms with Crippen LogP contribution < -0.4 is 5.32 Å². The van der Waals surface area contributed by atoms with E-state index < -0.39 is 6.04 Å². The van der Waals surface area contributed by atoms with Crippen molar-refractivity contribution in [1.29, 1.82) is 0 Å². The number of methoxy groups -OCH3 is 1. The predicted molar refractivity (Wildman–Crippen MR) is 90.0 cm³/mol. The van der Waals surface area contributed by atoms with Gasteiger partial charge in [0, 0.05) is 9.35 Å². The number of rotatable bonds is 5. The Morgan fingerprint density at radius 1 is 1.23 bits per heavy atom. The number of aryl methyl sites for hydroxylation is 1. The summed E-state index contributed by atoms with van der Waals surface area (Å²) in [6.07, 6.45) is 0.0915. The highest BCUT2D eigenvalue weighted by atomic mass is 79.9. The molecule has 1 N–H and O–H groups in total. The summed E-state index contributed by atoms with van der Waals surface area (Å²) in [7, 11) is 1.34. The molecular weight excluding hydrogens is 366 g/mol. The van der Waals surface area contributed by atoms with Gasteiger partial charge in [-0.1, -0.05) is 28.1 Å². The first-order chi connectivity index (χ1) is 10.5. The third-order valence-corrected chi connectivity index (χ3v) is 4.67. The molecule has 0 radical (unpaired) electrons. The van der Waals surface area contributed by atoms with E-state index in [9.17, 15) is 9.59 Å². The van der Waals surface area contributed by atoms with Gasteiger partial charge >= 0.3 is 5.97 Å². The molecule has 0 saturated carbocycles. The van der Waals surface area contributed by atoms with E-state index in [1.165, 1.54) is 18.4 Å². The van der Waals surface area contributed by atoms with Crippen molar-refractivity contribution < 1.29 is 14.3 Å². The second-order valence-corrected chi connectivity index (χ2v) is 6.97. The minimum atomic E-state index is -0.421. The van der Waals surface area contributed by atoms with E-state index in [0.717, 1.165) is 14.9 Å². The highest BCUT2D eigenvalue weighted by molar-refractivity contribution is 9.10. The van der Waals surface area contributed by atoms with Gasteiger partial charge in [-0.3, -0.25) is 9.59 Å². The Morgan fingerprint density at radius 3 is 2.45 bits per heavy atom. The van der Waals surface area contributed by atoms with Gasteiger partial charge in [-0.05, 0) is 36.8 Å². The van der Waals surface area contributed by atoms with Crippen LogP contribution in [0.2, 0.25) is 0 Å². The van der Waals surface area contributed by atoms with Gasteiger partial charge in [0.25, 0.3) is 5.91 Å². The number of carbonyl (C=O) groups is 2. The van der Waals surface area contributed by atoms with Gasteiger partial charge in [-0.25, -0.2) is 0 Å². The first-order valence-corrected chi connectivity index (χ1v) is 8.30. The van der Waals surface area contributed by atoms with Crippen LogP contribution in [0.3, 0.4) is 0 Å². The fourth-order valence-corrected chi connectivity index (χ4v) is 3.02. The number of benzene rings is 1. The lowest BCUT2D eigenvalue weighted by atomic mass is 10.0. The number of hydrogen-bond acceptors (Lipinski definition) is 4. The molecule has 0 bridgehead atoms. The zero-order chi connectivity index (χ0) is 16.1. The summed E-state index contributed by atoms with van der Waals surface area (Å²) in [5, 5.41) is 2.90. The molecular formula is C16H16BrNO3S. The second kappa shape index (κ2) is 7.56. The van der Waals surface area contributed by atoms with Crippen molar-refractivity contribution in [3.05, 3.63) is 56.2 Å². The van der Waals surface area contributed by atoms with Crippen LogP contribution >= 0.6 is 27.3 Å². The van der Waals surface area contributed by atoms with Crippen molar-refractivity contribution in [1.82, 2.24) is 5.32 Å². The fourth-order valence-electron chi connectivity index (χ4n) is 1.98. The number of hydrogen-bond donors (Lipinski definition) is 1. The second-order valence-electron chi connectivity index (χ2n) is 4.77. The molecule has 0 spiro atoms. The van der Waals surface area contributed by atoms with Crippen LogP contribution in [0.5, 0.6) is 0 Å². The average molecular weight is 382 g/mol. The van der Waals surface area contributed by atoms with Gasteiger partial charge in [0.2, 0.25) is 0 Å². The zero-order valence-electron chi connectivity index (χ0n) is 12.3. The van der Waals surface area contributed by atoms with E-state index in [2.05, 4.69) is 21.2 Å². The minimum absolute atomic E-state index is 0.0915. The van der Waals surface area contributed by atoms with E-state index >= 15 is 0 Å². The van der Waals surface area contributed by atoms with Gasteiger partial charge in [-0.15, -0.1) is 11.3 Å². The van der Waals surface area contributed by atoms with Crippen LogP contribution in [0, 0.1) is 6.92 Å². The average Bonchev–Trinajstić information content (AvgIpc) is 2.94. The van der Waals surface area contributed by atoms with Crippen LogP contribution in [0.25, 0.3) is 0 Å². The Kier molecular flexibility index (Phi) is 5.74. The molecule has 1 amide bonds. The minimum Gasteiger partial charge on any atom is -0.469 e. The van der Waals surface area contributed by atoms with Gasteiger partial charge in [0.05, 0.1) is 24.4 Å². The van der Waals surface area contributed by atoms with E-state index in [-0.39, 0.29) is 18.3 Å². The topological polar surface area (TPSA) is 55.4 Å². The Hall–Kier alpha value is -1.66. The maximum Gasteiger partial charge on any atom is 0.307 e. The van der Waals surface area contributed by atoms with Gasteiger partial charge in [0.1, 0.15) is 0 Å². The highest BCUT2D eigenvalue weighted by Crippen LogP contribution is 2.22. The quantitative estimate of drug-likeness (QED) is 0.800. The lowest BCUT2D eigenvalue weighted by molar-refractivity contribution is -0.141. The van der Waals surface area contributed by atoms with Crippen LogP contribution in [0.4, 0.5) is 0 Å². The number of ether oxygens (including phenoxy) is 1.